The molecule has 0 aliphatic carbocycles. The molecule has 4 heteroatoms. The molecule has 15 heavy (non-hydrogen) atoms. The number of rotatable bonds is 2. The lowest BCUT2D eigenvalue weighted by Crippen LogP contribution is -2.48. The van der Waals surface area contributed by atoms with Crippen LogP contribution in [0.25, 0.3) is 0 Å². The molecule has 0 saturated carbocycles. The van der Waals surface area contributed by atoms with Crippen molar-refractivity contribution in [2.45, 2.75) is 63.7 Å². The van der Waals surface area contributed by atoms with E-state index in [1.54, 1.807) is 6.92 Å². The van der Waals surface area contributed by atoms with Gasteiger partial charge in [-0.15, -0.1) is 11.6 Å². The Labute approximate surface area is 96.5 Å². The third-order valence-corrected chi connectivity index (χ3v) is 2.95. The lowest BCUT2D eigenvalue weighted by atomic mass is 9.94. The first kappa shape index (κ1) is 12.8. The Bertz CT molecular complexity index is 261. The lowest BCUT2D eigenvalue weighted by molar-refractivity contribution is -0.123. The highest BCUT2D eigenvalue weighted by atomic mass is 35.5. The Kier molecular flexibility index (Phi) is 3.36. The molecule has 0 aromatic rings. The van der Waals surface area contributed by atoms with Gasteiger partial charge >= 0.3 is 0 Å². The van der Waals surface area contributed by atoms with Crippen LogP contribution in [-0.2, 0) is 9.53 Å². The number of hydrogen-bond acceptors (Lipinski definition) is 2. The van der Waals surface area contributed by atoms with Crippen molar-refractivity contribution in [2.75, 3.05) is 0 Å². The molecule has 1 saturated heterocycles. The van der Waals surface area contributed by atoms with Crippen LogP contribution in [0.5, 0.6) is 0 Å². The highest BCUT2D eigenvalue weighted by Crippen LogP contribution is 2.37. The normalized spacial score (nSPS) is 29.9. The molecule has 0 bridgehead atoms. The molecule has 1 N–H and O–H groups in total. The van der Waals surface area contributed by atoms with E-state index in [1.807, 2.05) is 27.7 Å². The summed E-state index contributed by atoms with van der Waals surface area (Å²) in [5, 5.41) is 2.43. The molecule has 0 spiro atoms. The molecule has 0 aromatic carbocycles. The number of carbonyl (C=O) groups is 1. The summed E-state index contributed by atoms with van der Waals surface area (Å²) in [7, 11) is 0. The van der Waals surface area contributed by atoms with E-state index >= 15 is 0 Å². The van der Waals surface area contributed by atoms with Crippen molar-refractivity contribution >= 4 is 17.5 Å². The second-order valence-electron chi connectivity index (χ2n) is 5.35. The summed E-state index contributed by atoms with van der Waals surface area (Å²) < 4.78 is 5.87. The molecule has 3 nitrogen and oxygen atoms in total. The first-order valence-corrected chi connectivity index (χ1v) is 5.72. The molecule has 1 fully saturated rings. The molecule has 0 aromatic heterocycles. The zero-order valence-corrected chi connectivity index (χ0v) is 10.8. The smallest absolute Gasteiger partial charge is 0.238 e. The number of amides is 1. The van der Waals surface area contributed by atoms with E-state index < -0.39 is 5.38 Å². The van der Waals surface area contributed by atoms with Crippen molar-refractivity contribution in [3.8, 4) is 0 Å². The van der Waals surface area contributed by atoms with Crippen LogP contribution in [0.4, 0.5) is 0 Å². The Morgan fingerprint density at radius 1 is 1.47 bits per heavy atom. The van der Waals surface area contributed by atoms with Crippen molar-refractivity contribution in [2.24, 2.45) is 0 Å². The van der Waals surface area contributed by atoms with Gasteiger partial charge < -0.3 is 10.1 Å². The maximum absolute atomic E-state index is 11.5. The van der Waals surface area contributed by atoms with Gasteiger partial charge in [-0.3, -0.25) is 4.79 Å². The van der Waals surface area contributed by atoms with Gasteiger partial charge in [0, 0.05) is 0 Å². The molecule has 1 aliphatic heterocycles. The predicted molar refractivity (Wildman–Crippen MR) is 61.1 cm³/mol. The molecule has 1 amide bonds. The first-order valence-electron chi connectivity index (χ1n) is 5.29. The van der Waals surface area contributed by atoms with E-state index in [4.69, 9.17) is 16.3 Å². The molecule has 88 valence electrons. The summed E-state index contributed by atoms with van der Waals surface area (Å²) in [6, 6.07) is 0.0289. The number of nitrogens with one attached hydrogen (secondary N) is 1. The summed E-state index contributed by atoms with van der Waals surface area (Å²) >= 11 is 5.72. The van der Waals surface area contributed by atoms with Crippen LogP contribution in [0, 0.1) is 0 Å². The Morgan fingerprint density at radius 3 is 2.33 bits per heavy atom. The predicted octanol–water partition coefficient (Wildman–Crippen LogP) is 2.08. The first-order chi connectivity index (χ1) is 6.64. The van der Waals surface area contributed by atoms with E-state index in [1.165, 1.54) is 0 Å². The van der Waals surface area contributed by atoms with Crippen molar-refractivity contribution in [1.29, 1.82) is 0 Å². The van der Waals surface area contributed by atoms with Gasteiger partial charge in [0.2, 0.25) is 5.91 Å². The van der Waals surface area contributed by atoms with Crippen LogP contribution < -0.4 is 5.32 Å². The van der Waals surface area contributed by atoms with Crippen LogP contribution in [0.2, 0.25) is 0 Å². The van der Waals surface area contributed by atoms with Gasteiger partial charge in [0.1, 0.15) is 5.38 Å². The maximum atomic E-state index is 11.5. The number of ether oxygens (including phenoxy) is 1. The number of alkyl halides is 1. The number of carbonyl (C=O) groups excluding carboxylic acids is 1. The largest absolute Gasteiger partial charge is 0.367 e. The van der Waals surface area contributed by atoms with E-state index in [-0.39, 0.29) is 23.2 Å². The minimum atomic E-state index is -0.496. The minimum absolute atomic E-state index is 0.0289. The SMILES string of the molecule is CC(Cl)C(=O)NC1CC(C)(C)OC1(C)C. The summed E-state index contributed by atoms with van der Waals surface area (Å²) in [6.07, 6.45) is 0.815. The average Bonchev–Trinajstić information content (AvgIpc) is 2.18. The van der Waals surface area contributed by atoms with Gasteiger partial charge in [-0.25, -0.2) is 0 Å². The van der Waals surface area contributed by atoms with Crippen LogP contribution >= 0.6 is 11.6 Å². The summed E-state index contributed by atoms with van der Waals surface area (Å²) in [5.74, 6) is -0.129. The maximum Gasteiger partial charge on any atom is 0.238 e. The van der Waals surface area contributed by atoms with Crippen molar-refractivity contribution in [3.05, 3.63) is 0 Å². The van der Waals surface area contributed by atoms with Gasteiger partial charge in [-0.05, 0) is 41.0 Å². The van der Waals surface area contributed by atoms with Crippen LogP contribution in [0.1, 0.15) is 41.0 Å². The monoisotopic (exact) mass is 233 g/mol. The van der Waals surface area contributed by atoms with E-state index in [0.717, 1.165) is 6.42 Å². The molecule has 2 unspecified atom stereocenters. The Morgan fingerprint density at radius 2 is 2.00 bits per heavy atom. The molecule has 1 aliphatic rings. The second-order valence-corrected chi connectivity index (χ2v) is 6.00. The average molecular weight is 234 g/mol. The van der Waals surface area contributed by atoms with E-state index in [2.05, 4.69) is 5.32 Å². The summed E-state index contributed by atoms with van der Waals surface area (Å²) in [4.78, 5) is 11.5. The van der Waals surface area contributed by atoms with Crippen LogP contribution in [0.3, 0.4) is 0 Å². The zero-order valence-electron chi connectivity index (χ0n) is 10.1. The molecule has 2 atom stereocenters. The quantitative estimate of drug-likeness (QED) is 0.742. The third-order valence-electron chi connectivity index (χ3n) is 2.75. The van der Waals surface area contributed by atoms with Gasteiger partial charge in [0.05, 0.1) is 17.2 Å². The van der Waals surface area contributed by atoms with Gasteiger partial charge in [-0.1, -0.05) is 0 Å². The molecular weight excluding hydrogens is 214 g/mol. The fraction of sp³-hybridized carbons (Fsp3) is 0.909. The number of halogens is 1. The summed E-state index contributed by atoms with van der Waals surface area (Å²) in [6.45, 7) is 9.72. The zero-order chi connectivity index (χ0) is 11.9. The van der Waals surface area contributed by atoms with E-state index in [9.17, 15) is 4.79 Å². The van der Waals surface area contributed by atoms with Crippen molar-refractivity contribution < 1.29 is 9.53 Å². The molecule has 1 heterocycles. The Balaban J connectivity index is 2.67. The van der Waals surface area contributed by atoms with Gasteiger partial charge in [-0.2, -0.15) is 0 Å². The lowest BCUT2D eigenvalue weighted by Gasteiger charge is -2.28. The van der Waals surface area contributed by atoms with Gasteiger partial charge in [0.25, 0.3) is 0 Å². The second kappa shape index (κ2) is 3.95. The van der Waals surface area contributed by atoms with Crippen LogP contribution in [-0.4, -0.2) is 28.5 Å². The third kappa shape index (κ3) is 3.08. The van der Waals surface area contributed by atoms with Gasteiger partial charge in [0.15, 0.2) is 0 Å². The summed E-state index contributed by atoms with van der Waals surface area (Å²) in [5.41, 5.74) is -0.512. The highest BCUT2D eigenvalue weighted by molar-refractivity contribution is 6.30. The van der Waals surface area contributed by atoms with E-state index in [0.29, 0.717) is 0 Å². The fourth-order valence-electron chi connectivity index (χ4n) is 2.07. The number of hydrogen-bond donors (Lipinski definition) is 1. The standard InChI is InChI=1S/C11H20ClNO2/c1-7(12)9(14)13-8-6-10(2,3)15-11(8,4)5/h7-8H,6H2,1-5H3,(H,13,14). The molecular formula is C11H20ClNO2. The van der Waals surface area contributed by atoms with Crippen LogP contribution in [0.15, 0.2) is 0 Å². The van der Waals surface area contributed by atoms with Crippen molar-refractivity contribution in [1.82, 2.24) is 5.32 Å². The highest BCUT2D eigenvalue weighted by Gasteiger charge is 2.46. The fourth-order valence-corrected chi connectivity index (χ4v) is 2.14. The molecule has 1 rings (SSSR count). The Hall–Kier alpha value is -0.280. The topological polar surface area (TPSA) is 38.3 Å². The minimum Gasteiger partial charge on any atom is -0.367 e. The van der Waals surface area contributed by atoms with Crippen molar-refractivity contribution in [3.63, 3.8) is 0 Å². The molecule has 0 radical (unpaired) electrons.